The summed E-state index contributed by atoms with van der Waals surface area (Å²) in [6.07, 6.45) is 3.37. The van der Waals surface area contributed by atoms with E-state index in [4.69, 9.17) is 9.47 Å². The molecule has 0 spiro atoms. The van der Waals surface area contributed by atoms with Crippen LogP contribution in [0.5, 0.6) is 0 Å². The van der Waals surface area contributed by atoms with Gasteiger partial charge in [0.25, 0.3) is 5.69 Å². The predicted octanol–water partition coefficient (Wildman–Crippen LogP) is 3.99. The molecule has 0 saturated heterocycles. The summed E-state index contributed by atoms with van der Waals surface area (Å²) in [4.78, 5) is 37.7. The molecule has 2 aromatic carbocycles. The lowest BCUT2D eigenvalue weighted by atomic mass is 9.65. The molecule has 0 heterocycles. The summed E-state index contributed by atoms with van der Waals surface area (Å²) in [7, 11) is 0. The number of nitro groups is 1. The van der Waals surface area contributed by atoms with Gasteiger partial charge in [-0.05, 0) is 24.5 Å². The molecular weight excluding hydrogens is 488 g/mol. The number of carbonyl (C=O) groups is 2. The van der Waals surface area contributed by atoms with Crippen LogP contribution in [0.15, 0.2) is 91.2 Å². The van der Waals surface area contributed by atoms with Gasteiger partial charge in [-0.1, -0.05) is 67.8 Å². The molecule has 3 atom stereocenters. The smallest absolute Gasteiger partial charge is 0.336 e. The number of carbonyl (C=O) groups excluding carboxylic acids is 2. The summed E-state index contributed by atoms with van der Waals surface area (Å²) in [5, 5.41) is 26.4. The molecule has 2 N–H and O–H groups in total. The van der Waals surface area contributed by atoms with E-state index < -0.39 is 34.3 Å². The Morgan fingerprint density at radius 2 is 1.82 bits per heavy atom. The minimum atomic E-state index is -1.66. The summed E-state index contributed by atoms with van der Waals surface area (Å²) in [5.41, 5.74) is -0.0158. The number of nitro benzene ring substituents is 1. The van der Waals surface area contributed by atoms with Crippen LogP contribution >= 0.6 is 0 Å². The Bertz CT molecular complexity index is 1220. The van der Waals surface area contributed by atoms with Crippen molar-refractivity contribution in [3.8, 4) is 0 Å². The van der Waals surface area contributed by atoms with Crippen molar-refractivity contribution in [2.45, 2.75) is 31.3 Å². The van der Waals surface area contributed by atoms with Gasteiger partial charge in [-0.15, -0.1) is 0 Å². The molecule has 0 saturated carbocycles. The van der Waals surface area contributed by atoms with Crippen LogP contribution in [0.1, 0.15) is 30.4 Å². The quantitative estimate of drug-likeness (QED) is 0.186. The maximum atomic E-state index is 13.4. The summed E-state index contributed by atoms with van der Waals surface area (Å²) in [6.45, 7) is 8.87. The van der Waals surface area contributed by atoms with Gasteiger partial charge < -0.3 is 19.9 Å². The van der Waals surface area contributed by atoms with Crippen LogP contribution in [0.2, 0.25) is 0 Å². The van der Waals surface area contributed by atoms with Gasteiger partial charge in [0.05, 0.1) is 22.0 Å². The minimum Gasteiger partial charge on any atom is -0.461 e. The van der Waals surface area contributed by atoms with Crippen molar-refractivity contribution in [1.29, 1.82) is 0 Å². The number of rotatable bonds is 12. The fourth-order valence-electron chi connectivity index (χ4n) is 4.71. The molecule has 9 nitrogen and oxygen atoms in total. The zero-order valence-corrected chi connectivity index (χ0v) is 21.3. The molecule has 9 heteroatoms. The normalized spacial score (nSPS) is 20.8. The SMILES string of the molecule is C=CCOC(=O)C1=C(NCCc2ccccc2)C[C@](C)(O)[C@@H](C(=O)OCC=C)[C@H]1c1cccc([N+](=O)[O-])c1. The molecule has 0 fully saturated rings. The van der Waals surface area contributed by atoms with Gasteiger partial charge in [-0.2, -0.15) is 0 Å². The lowest BCUT2D eigenvalue weighted by molar-refractivity contribution is -0.384. The molecule has 1 aliphatic carbocycles. The third-order valence-corrected chi connectivity index (χ3v) is 6.36. The molecular formula is C29H32N2O7. The number of non-ortho nitro benzene ring substituents is 1. The Kier molecular flexibility index (Phi) is 9.56. The highest BCUT2D eigenvalue weighted by Crippen LogP contribution is 2.47. The third kappa shape index (κ3) is 6.74. The second kappa shape index (κ2) is 12.8. The molecule has 0 unspecified atom stereocenters. The second-order valence-electron chi connectivity index (χ2n) is 9.20. The fourth-order valence-corrected chi connectivity index (χ4v) is 4.71. The van der Waals surface area contributed by atoms with E-state index in [0.29, 0.717) is 24.2 Å². The Morgan fingerprint density at radius 1 is 1.13 bits per heavy atom. The van der Waals surface area contributed by atoms with Crippen LogP contribution in [0.4, 0.5) is 5.69 Å². The first-order valence-corrected chi connectivity index (χ1v) is 12.2. The van der Waals surface area contributed by atoms with Crippen molar-refractivity contribution in [3.05, 3.63) is 112 Å². The van der Waals surface area contributed by atoms with E-state index in [0.717, 1.165) is 5.56 Å². The van der Waals surface area contributed by atoms with E-state index in [2.05, 4.69) is 18.5 Å². The Hall–Kier alpha value is -4.24. The van der Waals surface area contributed by atoms with E-state index in [9.17, 15) is 24.8 Å². The van der Waals surface area contributed by atoms with Crippen molar-refractivity contribution in [2.75, 3.05) is 19.8 Å². The first-order chi connectivity index (χ1) is 18.2. The Labute approximate surface area is 221 Å². The van der Waals surface area contributed by atoms with E-state index >= 15 is 0 Å². The molecule has 3 rings (SSSR count). The molecule has 0 aliphatic heterocycles. The average Bonchev–Trinajstić information content (AvgIpc) is 2.90. The fraction of sp³-hybridized carbons (Fsp3) is 0.310. The van der Waals surface area contributed by atoms with Gasteiger partial charge in [0.15, 0.2) is 0 Å². The molecule has 0 radical (unpaired) electrons. The molecule has 0 bridgehead atoms. The average molecular weight is 521 g/mol. The first kappa shape index (κ1) is 28.3. The number of esters is 2. The minimum absolute atomic E-state index is 0.0698. The molecule has 0 amide bonds. The lowest BCUT2D eigenvalue weighted by Gasteiger charge is -2.43. The maximum absolute atomic E-state index is 13.4. The molecule has 1 aliphatic rings. The number of nitrogens with zero attached hydrogens (tertiary/aromatic N) is 1. The van der Waals surface area contributed by atoms with Crippen LogP contribution < -0.4 is 5.32 Å². The standard InChI is InChI=1S/C29H32N2O7/c1-4-16-37-27(32)25-23(30-15-14-20-10-7-6-8-11-20)19-29(3,34)26(28(33)38-17-5-2)24(25)21-12-9-13-22(18-21)31(35)36/h4-13,18,24,26,30,34H,1-2,14-17,19H2,3H3/t24-,26+,29-/m0/s1. The van der Waals surface area contributed by atoms with Crippen molar-refractivity contribution in [1.82, 2.24) is 5.32 Å². The topological polar surface area (TPSA) is 128 Å². The van der Waals surface area contributed by atoms with Gasteiger partial charge in [0, 0.05) is 36.7 Å². The maximum Gasteiger partial charge on any atom is 0.336 e. The van der Waals surface area contributed by atoms with Gasteiger partial charge >= 0.3 is 11.9 Å². The molecule has 38 heavy (non-hydrogen) atoms. The number of benzene rings is 2. The van der Waals surface area contributed by atoms with Crippen LogP contribution in [-0.2, 0) is 25.5 Å². The predicted molar refractivity (Wildman–Crippen MR) is 142 cm³/mol. The summed E-state index contributed by atoms with van der Waals surface area (Å²) in [5.74, 6) is -3.83. The van der Waals surface area contributed by atoms with Crippen molar-refractivity contribution >= 4 is 17.6 Å². The highest BCUT2D eigenvalue weighted by molar-refractivity contribution is 5.94. The second-order valence-corrected chi connectivity index (χ2v) is 9.20. The first-order valence-electron chi connectivity index (χ1n) is 12.2. The van der Waals surface area contributed by atoms with Gasteiger partial charge in [-0.3, -0.25) is 14.9 Å². The van der Waals surface area contributed by atoms with E-state index in [-0.39, 0.29) is 30.9 Å². The zero-order valence-electron chi connectivity index (χ0n) is 21.3. The summed E-state index contributed by atoms with van der Waals surface area (Å²) < 4.78 is 10.7. The molecule has 2 aromatic rings. The monoisotopic (exact) mass is 520 g/mol. The molecule has 0 aromatic heterocycles. The van der Waals surface area contributed by atoms with Gasteiger partial charge in [-0.25, -0.2) is 4.79 Å². The van der Waals surface area contributed by atoms with Gasteiger partial charge in [0.2, 0.25) is 0 Å². The Balaban J connectivity index is 2.15. The van der Waals surface area contributed by atoms with E-state index in [1.54, 1.807) is 6.07 Å². The lowest BCUT2D eigenvalue weighted by Crippen LogP contribution is -2.50. The third-order valence-electron chi connectivity index (χ3n) is 6.36. The van der Waals surface area contributed by atoms with Crippen LogP contribution in [0.3, 0.4) is 0 Å². The Morgan fingerprint density at radius 3 is 2.47 bits per heavy atom. The van der Waals surface area contributed by atoms with Crippen LogP contribution in [0, 0.1) is 16.0 Å². The summed E-state index contributed by atoms with van der Waals surface area (Å²) >= 11 is 0. The van der Waals surface area contributed by atoms with Gasteiger partial charge in [0.1, 0.15) is 13.2 Å². The highest BCUT2D eigenvalue weighted by atomic mass is 16.6. The van der Waals surface area contributed by atoms with Crippen molar-refractivity contribution < 1.29 is 29.1 Å². The number of aliphatic hydroxyl groups is 1. The number of nitrogens with one attached hydrogen (secondary N) is 1. The zero-order chi connectivity index (χ0) is 27.7. The summed E-state index contributed by atoms with van der Waals surface area (Å²) in [6, 6.07) is 15.4. The number of ether oxygens (including phenoxy) is 2. The van der Waals surface area contributed by atoms with Crippen LogP contribution in [0.25, 0.3) is 0 Å². The largest absolute Gasteiger partial charge is 0.461 e. The van der Waals surface area contributed by atoms with E-state index in [1.165, 1.54) is 37.3 Å². The highest BCUT2D eigenvalue weighted by Gasteiger charge is 2.52. The van der Waals surface area contributed by atoms with E-state index in [1.807, 2.05) is 30.3 Å². The number of hydrogen-bond donors (Lipinski definition) is 2. The molecule has 200 valence electrons. The van der Waals surface area contributed by atoms with Crippen molar-refractivity contribution in [3.63, 3.8) is 0 Å². The van der Waals surface area contributed by atoms with Crippen LogP contribution in [-0.4, -0.2) is 47.3 Å². The number of hydrogen-bond acceptors (Lipinski definition) is 8. The van der Waals surface area contributed by atoms with Crippen molar-refractivity contribution in [2.24, 2.45) is 5.92 Å².